The Morgan fingerprint density at radius 2 is 2.16 bits per heavy atom. The summed E-state index contributed by atoms with van der Waals surface area (Å²) < 4.78 is 5.66. The van der Waals surface area contributed by atoms with E-state index in [0.717, 1.165) is 32.1 Å². The highest BCUT2D eigenvalue weighted by Gasteiger charge is 2.19. The Morgan fingerprint density at radius 1 is 1.32 bits per heavy atom. The average Bonchev–Trinajstić information content (AvgIpc) is 2.42. The number of nitrogens with one attached hydrogen (secondary N) is 1. The van der Waals surface area contributed by atoms with Crippen molar-refractivity contribution in [2.45, 2.75) is 37.6 Å². The van der Waals surface area contributed by atoms with Crippen LogP contribution in [0.2, 0.25) is 0 Å². The lowest BCUT2D eigenvalue weighted by molar-refractivity contribution is 0.123. The number of hydrogen-bond donors (Lipinski definition) is 1. The summed E-state index contributed by atoms with van der Waals surface area (Å²) in [5.41, 5.74) is 1.46. The average molecular weight is 279 g/mol. The van der Waals surface area contributed by atoms with E-state index in [0.29, 0.717) is 6.04 Å². The fraction of sp³-hybridized carbons (Fsp3) is 0.625. The van der Waals surface area contributed by atoms with Crippen LogP contribution in [0.25, 0.3) is 0 Å². The molecule has 2 nitrogen and oxygen atoms in total. The van der Waals surface area contributed by atoms with Crippen LogP contribution in [0.15, 0.2) is 29.2 Å². The van der Waals surface area contributed by atoms with E-state index in [9.17, 15) is 0 Å². The predicted octanol–water partition coefficient (Wildman–Crippen LogP) is 3.88. The van der Waals surface area contributed by atoms with Gasteiger partial charge in [-0.2, -0.15) is 0 Å². The van der Waals surface area contributed by atoms with E-state index in [1.165, 1.54) is 22.6 Å². The molecule has 0 bridgehead atoms. The maximum atomic E-state index is 5.66. The third kappa shape index (κ3) is 4.83. The van der Waals surface area contributed by atoms with Gasteiger partial charge in [0.25, 0.3) is 0 Å². The van der Waals surface area contributed by atoms with Crippen molar-refractivity contribution in [3.63, 3.8) is 0 Å². The first kappa shape index (κ1) is 14.9. The van der Waals surface area contributed by atoms with Crippen molar-refractivity contribution in [1.29, 1.82) is 0 Å². The highest BCUT2D eigenvalue weighted by Crippen LogP contribution is 2.35. The van der Waals surface area contributed by atoms with Gasteiger partial charge in [0.15, 0.2) is 0 Å². The molecule has 1 atom stereocenters. The van der Waals surface area contributed by atoms with E-state index in [2.05, 4.69) is 43.4 Å². The lowest BCUT2D eigenvalue weighted by atomic mass is 10.0. The lowest BCUT2D eigenvalue weighted by Crippen LogP contribution is -2.28. The van der Waals surface area contributed by atoms with Gasteiger partial charge in [-0.1, -0.05) is 32.0 Å². The van der Waals surface area contributed by atoms with Crippen molar-refractivity contribution in [2.75, 3.05) is 25.5 Å². The zero-order valence-corrected chi connectivity index (χ0v) is 12.8. The second-order valence-electron chi connectivity index (χ2n) is 5.48. The molecule has 0 spiro atoms. The van der Waals surface area contributed by atoms with Gasteiger partial charge in [-0.3, -0.25) is 0 Å². The van der Waals surface area contributed by atoms with Crippen LogP contribution in [0, 0.1) is 5.92 Å². The van der Waals surface area contributed by atoms with Crippen molar-refractivity contribution in [3.05, 3.63) is 29.8 Å². The zero-order chi connectivity index (χ0) is 13.5. The van der Waals surface area contributed by atoms with Crippen LogP contribution in [-0.4, -0.2) is 25.5 Å². The Morgan fingerprint density at radius 3 is 3.00 bits per heavy atom. The zero-order valence-electron chi connectivity index (χ0n) is 12.0. The molecule has 1 unspecified atom stereocenters. The second-order valence-corrected chi connectivity index (χ2v) is 6.61. The molecule has 1 aliphatic heterocycles. The van der Waals surface area contributed by atoms with Crippen LogP contribution in [0.4, 0.5) is 0 Å². The lowest BCUT2D eigenvalue weighted by Gasteiger charge is -2.26. The number of hydrogen-bond acceptors (Lipinski definition) is 3. The molecule has 3 heteroatoms. The van der Waals surface area contributed by atoms with Crippen LogP contribution in [0.3, 0.4) is 0 Å². The van der Waals surface area contributed by atoms with Gasteiger partial charge in [-0.05, 0) is 36.1 Å². The Hall–Kier alpha value is -0.510. The van der Waals surface area contributed by atoms with Crippen molar-refractivity contribution in [1.82, 2.24) is 5.32 Å². The van der Waals surface area contributed by atoms with Crippen molar-refractivity contribution in [3.8, 4) is 0 Å². The first-order valence-electron chi connectivity index (χ1n) is 7.30. The summed E-state index contributed by atoms with van der Waals surface area (Å²) in [5, 5.41) is 3.63. The van der Waals surface area contributed by atoms with Gasteiger partial charge in [0.05, 0.1) is 6.61 Å². The molecule has 106 valence electrons. The molecule has 0 aliphatic carbocycles. The minimum atomic E-state index is 0.506. The molecule has 0 saturated heterocycles. The number of fused-ring (bicyclic) bond motifs is 1. The maximum Gasteiger partial charge on any atom is 0.0591 e. The summed E-state index contributed by atoms with van der Waals surface area (Å²) in [5.74, 6) is 1.94. The number of benzene rings is 1. The van der Waals surface area contributed by atoms with Crippen molar-refractivity contribution < 1.29 is 4.74 Å². The van der Waals surface area contributed by atoms with E-state index in [4.69, 9.17) is 4.74 Å². The number of thioether (sulfide) groups is 1. The van der Waals surface area contributed by atoms with Crippen molar-refractivity contribution in [2.24, 2.45) is 5.92 Å². The minimum absolute atomic E-state index is 0.506. The molecule has 1 heterocycles. The largest absolute Gasteiger partial charge is 0.380 e. The Bertz CT molecular complexity index is 381. The van der Waals surface area contributed by atoms with Gasteiger partial charge in [-0.15, -0.1) is 11.8 Å². The first-order chi connectivity index (χ1) is 9.27. The van der Waals surface area contributed by atoms with Crippen LogP contribution in [0.5, 0.6) is 0 Å². The topological polar surface area (TPSA) is 21.3 Å². The van der Waals surface area contributed by atoms with Crippen molar-refractivity contribution >= 4 is 11.8 Å². The Labute approximate surface area is 121 Å². The molecule has 0 saturated carbocycles. The highest BCUT2D eigenvalue weighted by atomic mass is 32.2. The third-order valence-electron chi connectivity index (χ3n) is 3.44. The van der Waals surface area contributed by atoms with Gasteiger partial charge in [0.1, 0.15) is 0 Å². The molecule has 19 heavy (non-hydrogen) atoms. The van der Waals surface area contributed by atoms with Crippen LogP contribution >= 0.6 is 11.8 Å². The fourth-order valence-electron chi connectivity index (χ4n) is 2.28. The van der Waals surface area contributed by atoms with Gasteiger partial charge >= 0.3 is 0 Å². The van der Waals surface area contributed by atoms with E-state index in [1.807, 2.05) is 11.8 Å². The smallest absolute Gasteiger partial charge is 0.0591 e. The van der Waals surface area contributed by atoms with E-state index in [1.54, 1.807) is 0 Å². The molecule has 2 rings (SSSR count). The monoisotopic (exact) mass is 279 g/mol. The molecule has 1 aromatic carbocycles. The summed E-state index contributed by atoms with van der Waals surface area (Å²) in [6.07, 6.45) is 2.37. The standard InChI is InChI=1S/C16H25NOS/c1-13(2)7-10-18-11-9-17-15-8-12-19-16-6-4-3-5-14(15)16/h3-6,13,15,17H,7-12H2,1-2H3. The SMILES string of the molecule is CC(C)CCOCCNC1CCSc2ccccc21. The number of rotatable bonds is 7. The molecular weight excluding hydrogens is 254 g/mol. The van der Waals surface area contributed by atoms with Gasteiger partial charge < -0.3 is 10.1 Å². The summed E-state index contributed by atoms with van der Waals surface area (Å²) in [6.45, 7) is 7.12. The molecule has 1 aromatic rings. The van der Waals surface area contributed by atoms with E-state index in [-0.39, 0.29) is 0 Å². The number of ether oxygens (including phenoxy) is 1. The van der Waals surface area contributed by atoms with Gasteiger partial charge in [-0.25, -0.2) is 0 Å². The normalized spacial score (nSPS) is 18.6. The first-order valence-corrected chi connectivity index (χ1v) is 8.29. The molecule has 1 aliphatic rings. The van der Waals surface area contributed by atoms with Crippen LogP contribution in [0.1, 0.15) is 38.3 Å². The molecule has 0 amide bonds. The maximum absolute atomic E-state index is 5.66. The molecule has 0 radical (unpaired) electrons. The van der Waals surface area contributed by atoms with Crippen LogP contribution < -0.4 is 5.32 Å². The fourth-order valence-corrected chi connectivity index (χ4v) is 3.41. The van der Waals surface area contributed by atoms with Gasteiger partial charge in [0, 0.05) is 24.1 Å². The molecule has 0 fully saturated rings. The molecule has 0 aromatic heterocycles. The summed E-state index contributed by atoms with van der Waals surface area (Å²) >= 11 is 1.97. The third-order valence-corrected chi connectivity index (χ3v) is 4.56. The summed E-state index contributed by atoms with van der Waals surface area (Å²) in [7, 11) is 0. The second kappa shape index (κ2) is 7.93. The Balaban J connectivity index is 1.70. The quantitative estimate of drug-likeness (QED) is 0.765. The molecular formula is C16H25NOS. The minimum Gasteiger partial charge on any atom is -0.380 e. The van der Waals surface area contributed by atoms with E-state index < -0.39 is 0 Å². The molecule has 1 N–H and O–H groups in total. The van der Waals surface area contributed by atoms with Crippen LogP contribution in [-0.2, 0) is 4.74 Å². The highest BCUT2D eigenvalue weighted by molar-refractivity contribution is 7.99. The Kier molecular flexibility index (Phi) is 6.21. The van der Waals surface area contributed by atoms with Gasteiger partial charge in [0.2, 0.25) is 0 Å². The summed E-state index contributed by atoms with van der Waals surface area (Å²) in [4.78, 5) is 1.44. The van der Waals surface area contributed by atoms with E-state index >= 15 is 0 Å². The summed E-state index contributed by atoms with van der Waals surface area (Å²) in [6, 6.07) is 9.25. The predicted molar refractivity (Wildman–Crippen MR) is 82.8 cm³/mol.